The fourth-order valence-corrected chi connectivity index (χ4v) is 1.94. The van der Waals surface area contributed by atoms with Gasteiger partial charge >= 0.3 is 11.8 Å². The van der Waals surface area contributed by atoms with E-state index in [1.807, 2.05) is 37.6 Å². The second-order valence-corrected chi connectivity index (χ2v) is 5.62. The van der Waals surface area contributed by atoms with Crippen molar-refractivity contribution in [2.24, 2.45) is 0 Å². The fourth-order valence-electron chi connectivity index (χ4n) is 1.23. The van der Waals surface area contributed by atoms with Gasteiger partial charge in [-0.1, -0.05) is 0 Å². The quantitative estimate of drug-likeness (QED) is 0.799. The molecule has 0 bridgehead atoms. The molecule has 1 heterocycles. The molecule has 4 nitrogen and oxygen atoms in total. The van der Waals surface area contributed by atoms with Crippen LogP contribution in [0.15, 0.2) is 16.8 Å². The summed E-state index contributed by atoms with van der Waals surface area (Å²) < 4.78 is 0. The molecule has 1 aromatic rings. The highest BCUT2D eigenvalue weighted by Gasteiger charge is 2.19. The predicted octanol–water partition coefficient (Wildman–Crippen LogP) is 1.32. The Labute approximate surface area is 105 Å². The molecule has 17 heavy (non-hydrogen) atoms. The van der Waals surface area contributed by atoms with E-state index in [2.05, 4.69) is 10.6 Å². The maximum absolute atomic E-state index is 11.4. The Morgan fingerprint density at radius 2 is 2.00 bits per heavy atom. The highest BCUT2D eigenvalue weighted by Crippen LogP contribution is 2.05. The zero-order valence-corrected chi connectivity index (χ0v) is 11.2. The van der Waals surface area contributed by atoms with E-state index in [4.69, 9.17) is 0 Å². The van der Waals surface area contributed by atoms with Gasteiger partial charge in [0.15, 0.2) is 0 Å². The first-order valence-electron chi connectivity index (χ1n) is 5.50. The van der Waals surface area contributed by atoms with Crippen molar-refractivity contribution in [3.63, 3.8) is 0 Å². The summed E-state index contributed by atoms with van der Waals surface area (Å²) in [5, 5.41) is 9.23. The van der Waals surface area contributed by atoms with E-state index in [1.165, 1.54) is 5.56 Å². The number of hydrogen-bond donors (Lipinski definition) is 2. The lowest BCUT2D eigenvalue weighted by Crippen LogP contribution is -2.48. The Balaban J connectivity index is 2.27. The molecular weight excluding hydrogens is 236 g/mol. The number of hydrogen-bond acceptors (Lipinski definition) is 3. The molecule has 0 spiro atoms. The van der Waals surface area contributed by atoms with Crippen LogP contribution in [0, 0.1) is 0 Å². The average molecular weight is 254 g/mol. The van der Waals surface area contributed by atoms with E-state index < -0.39 is 11.8 Å². The molecule has 2 N–H and O–H groups in total. The van der Waals surface area contributed by atoms with Crippen molar-refractivity contribution >= 4 is 23.2 Å². The Kier molecular flexibility index (Phi) is 4.69. The van der Waals surface area contributed by atoms with Crippen LogP contribution in [-0.4, -0.2) is 23.9 Å². The number of amides is 2. The van der Waals surface area contributed by atoms with Gasteiger partial charge in [0.05, 0.1) is 0 Å². The fraction of sp³-hybridized carbons (Fsp3) is 0.500. The minimum Gasteiger partial charge on any atom is -0.348 e. The topological polar surface area (TPSA) is 58.2 Å². The van der Waals surface area contributed by atoms with Crippen LogP contribution in [-0.2, 0) is 16.0 Å². The maximum Gasteiger partial charge on any atom is 0.309 e. The minimum absolute atomic E-state index is 0.387. The molecule has 0 aliphatic heterocycles. The molecule has 1 rings (SSSR count). The second-order valence-electron chi connectivity index (χ2n) is 4.84. The molecule has 0 aromatic carbocycles. The van der Waals surface area contributed by atoms with Crippen molar-refractivity contribution in [1.29, 1.82) is 0 Å². The van der Waals surface area contributed by atoms with Crippen molar-refractivity contribution in [2.75, 3.05) is 6.54 Å². The third-order valence-electron chi connectivity index (χ3n) is 1.97. The molecule has 2 amide bonds. The van der Waals surface area contributed by atoms with E-state index in [0.29, 0.717) is 6.54 Å². The summed E-state index contributed by atoms with van der Waals surface area (Å²) in [4.78, 5) is 22.9. The Morgan fingerprint density at radius 1 is 1.29 bits per heavy atom. The number of thiophene rings is 1. The summed E-state index contributed by atoms with van der Waals surface area (Å²) in [6.07, 6.45) is 0.748. The Morgan fingerprint density at radius 3 is 2.53 bits per heavy atom. The van der Waals surface area contributed by atoms with E-state index in [0.717, 1.165) is 6.42 Å². The zero-order valence-electron chi connectivity index (χ0n) is 10.4. The minimum atomic E-state index is -0.581. The van der Waals surface area contributed by atoms with Gasteiger partial charge in [0.25, 0.3) is 0 Å². The van der Waals surface area contributed by atoms with E-state index in [-0.39, 0.29) is 5.54 Å². The number of carbonyl (C=O) groups is 2. The van der Waals surface area contributed by atoms with Gasteiger partial charge in [-0.25, -0.2) is 0 Å². The molecule has 0 saturated heterocycles. The van der Waals surface area contributed by atoms with Crippen LogP contribution in [0.3, 0.4) is 0 Å². The highest BCUT2D eigenvalue weighted by atomic mass is 32.1. The van der Waals surface area contributed by atoms with Crippen LogP contribution in [0.2, 0.25) is 0 Å². The molecule has 1 aromatic heterocycles. The molecule has 0 aliphatic carbocycles. The normalized spacial score (nSPS) is 11.0. The monoisotopic (exact) mass is 254 g/mol. The summed E-state index contributed by atoms with van der Waals surface area (Å²) in [6.45, 7) is 5.99. The molecule has 0 radical (unpaired) electrons. The number of rotatable bonds is 3. The van der Waals surface area contributed by atoms with Crippen molar-refractivity contribution < 1.29 is 9.59 Å². The highest BCUT2D eigenvalue weighted by molar-refractivity contribution is 7.07. The van der Waals surface area contributed by atoms with Gasteiger partial charge in [-0.2, -0.15) is 11.3 Å². The van der Waals surface area contributed by atoms with Crippen LogP contribution in [0.1, 0.15) is 26.3 Å². The van der Waals surface area contributed by atoms with Gasteiger partial charge in [0.2, 0.25) is 0 Å². The van der Waals surface area contributed by atoms with Gasteiger partial charge in [0.1, 0.15) is 0 Å². The summed E-state index contributed by atoms with van der Waals surface area (Å²) in [7, 11) is 0. The summed E-state index contributed by atoms with van der Waals surface area (Å²) in [6, 6.07) is 2.01. The first kappa shape index (κ1) is 13.7. The Bertz CT molecular complexity index is 380. The molecule has 0 atom stereocenters. The van der Waals surface area contributed by atoms with Crippen LogP contribution in [0.5, 0.6) is 0 Å². The third kappa shape index (κ3) is 5.49. The van der Waals surface area contributed by atoms with E-state index in [9.17, 15) is 9.59 Å². The Hall–Kier alpha value is -1.36. The molecule has 0 fully saturated rings. The van der Waals surface area contributed by atoms with Crippen molar-refractivity contribution in [1.82, 2.24) is 10.6 Å². The molecule has 94 valence electrons. The molecule has 5 heteroatoms. The standard InChI is InChI=1S/C12H18N2O2S/c1-12(2,3)14-11(16)10(15)13-6-4-9-5-7-17-8-9/h5,7-8H,4,6H2,1-3H3,(H,13,15)(H,14,16). The lowest BCUT2D eigenvalue weighted by atomic mass is 10.1. The molecular formula is C12H18N2O2S. The summed E-state index contributed by atoms with van der Waals surface area (Å²) in [5.74, 6) is -1.15. The predicted molar refractivity (Wildman–Crippen MR) is 68.9 cm³/mol. The van der Waals surface area contributed by atoms with E-state index >= 15 is 0 Å². The van der Waals surface area contributed by atoms with Crippen LogP contribution in [0.25, 0.3) is 0 Å². The van der Waals surface area contributed by atoms with Gasteiger partial charge < -0.3 is 10.6 Å². The number of nitrogens with one attached hydrogen (secondary N) is 2. The van der Waals surface area contributed by atoms with Gasteiger partial charge in [-0.15, -0.1) is 0 Å². The maximum atomic E-state index is 11.4. The van der Waals surface area contributed by atoms with Crippen LogP contribution in [0.4, 0.5) is 0 Å². The molecule has 0 aliphatic rings. The van der Waals surface area contributed by atoms with Crippen molar-refractivity contribution in [2.45, 2.75) is 32.7 Å². The van der Waals surface area contributed by atoms with Crippen molar-refractivity contribution in [3.8, 4) is 0 Å². The molecule has 0 saturated carbocycles. The van der Waals surface area contributed by atoms with Gasteiger partial charge in [-0.3, -0.25) is 9.59 Å². The third-order valence-corrected chi connectivity index (χ3v) is 2.71. The van der Waals surface area contributed by atoms with E-state index in [1.54, 1.807) is 11.3 Å². The van der Waals surface area contributed by atoms with Crippen LogP contribution < -0.4 is 10.6 Å². The lowest BCUT2D eigenvalue weighted by Gasteiger charge is -2.19. The summed E-state index contributed by atoms with van der Waals surface area (Å²) in [5.41, 5.74) is 0.786. The lowest BCUT2D eigenvalue weighted by molar-refractivity contribution is -0.140. The zero-order chi connectivity index (χ0) is 12.9. The van der Waals surface area contributed by atoms with Gasteiger partial charge in [0, 0.05) is 12.1 Å². The first-order valence-corrected chi connectivity index (χ1v) is 6.44. The van der Waals surface area contributed by atoms with Crippen LogP contribution >= 0.6 is 11.3 Å². The first-order chi connectivity index (χ1) is 7.88. The SMILES string of the molecule is CC(C)(C)NC(=O)C(=O)NCCc1ccsc1. The summed E-state index contributed by atoms with van der Waals surface area (Å²) >= 11 is 1.62. The largest absolute Gasteiger partial charge is 0.348 e. The van der Waals surface area contributed by atoms with Gasteiger partial charge in [-0.05, 0) is 49.6 Å². The van der Waals surface area contributed by atoms with Crippen molar-refractivity contribution in [3.05, 3.63) is 22.4 Å². The average Bonchev–Trinajstić information content (AvgIpc) is 2.67. The molecule has 0 unspecified atom stereocenters. The second kappa shape index (κ2) is 5.82. The smallest absolute Gasteiger partial charge is 0.309 e. The number of carbonyl (C=O) groups excluding carboxylic acids is 2.